The van der Waals surface area contributed by atoms with Crippen molar-refractivity contribution in [2.24, 2.45) is 10.3 Å². The van der Waals surface area contributed by atoms with Crippen LogP contribution < -0.4 is 5.43 Å². The Morgan fingerprint density at radius 3 is 1.75 bits per heavy atom. The standard InChI is InChI=1S/C43H27N7O/c1-3-9-30(10-4-1)49-38-14-8-7-13-32(38)33-17-15-26(21-39(33)49)28-19-35-36-20-29(24-45-43(36)51-42(35)44-23-28)27-16-18-34-37-25-46-48-47-41(37)50(40(34)22-27)31-11-5-2-6-12-31/h1-24H,25H2,(H,46,47). The zero-order valence-electron chi connectivity index (χ0n) is 27.2. The first-order valence-corrected chi connectivity index (χ1v) is 16.9. The zero-order valence-corrected chi connectivity index (χ0v) is 27.2. The predicted octanol–water partition coefficient (Wildman–Crippen LogP) is 11.0. The van der Waals surface area contributed by atoms with E-state index in [2.05, 4.69) is 140 Å². The third kappa shape index (κ3) is 4.20. The van der Waals surface area contributed by atoms with Gasteiger partial charge in [-0.1, -0.05) is 84.1 Å². The van der Waals surface area contributed by atoms with Crippen LogP contribution in [0.3, 0.4) is 0 Å². The highest BCUT2D eigenvalue weighted by Gasteiger charge is 2.22. The Morgan fingerprint density at radius 1 is 0.490 bits per heavy atom. The molecule has 0 unspecified atom stereocenters. The molecule has 0 saturated carbocycles. The van der Waals surface area contributed by atoms with Crippen LogP contribution in [0.1, 0.15) is 5.56 Å². The number of para-hydroxylation sites is 3. The summed E-state index contributed by atoms with van der Waals surface area (Å²) in [6.07, 6.45) is 3.77. The van der Waals surface area contributed by atoms with Crippen LogP contribution in [0.5, 0.6) is 0 Å². The Hall–Kier alpha value is -7.06. The zero-order chi connectivity index (χ0) is 33.5. The Bertz CT molecular complexity index is 3030. The summed E-state index contributed by atoms with van der Waals surface area (Å²) < 4.78 is 10.7. The van der Waals surface area contributed by atoms with Gasteiger partial charge in [0.15, 0.2) is 0 Å². The summed E-state index contributed by atoms with van der Waals surface area (Å²) in [6.45, 7) is 0.531. The molecule has 6 heterocycles. The molecular formula is C43H27N7O. The second-order valence-corrected chi connectivity index (χ2v) is 12.9. The number of nitrogens with one attached hydrogen (secondary N) is 1. The molecule has 1 aliphatic rings. The lowest BCUT2D eigenvalue weighted by Gasteiger charge is -2.12. The maximum absolute atomic E-state index is 6.16. The number of benzene rings is 5. The van der Waals surface area contributed by atoms with Gasteiger partial charge in [-0.05, 0) is 65.7 Å². The molecule has 51 heavy (non-hydrogen) atoms. The van der Waals surface area contributed by atoms with Gasteiger partial charge in [0.25, 0.3) is 0 Å². The van der Waals surface area contributed by atoms with E-state index in [-0.39, 0.29) is 0 Å². The first kappa shape index (κ1) is 27.8. The highest BCUT2D eigenvalue weighted by Crippen LogP contribution is 2.40. The van der Waals surface area contributed by atoms with E-state index in [1.165, 1.54) is 16.3 Å². The molecule has 1 N–H and O–H groups in total. The predicted molar refractivity (Wildman–Crippen MR) is 204 cm³/mol. The van der Waals surface area contributed by atoms with E-state index in [0.29, 0.717) is 18.0 Å². The van der Waals surface area contributed by atoms with Gasteiger partial charge in [-0.15, -0.1) is 0 Å². The van der Waals surface area contributed by atoms with Crippen molar-refractivity contribution < 1.29 is 4.42 Å². The van der Waals surface area contributed by atoms with E-state index in [4.69, 9.17) is 14.4 Å². The van der Waals surface area contributed by atoms with Crippen molar-refractivity contribution in [3.63, 3.8) is 0 Å². The van der Waals surface area contributed by atoms with Gasteiger partial charge in [0.2, 0.25) is 11.4 Å². The molecule has 240 valence electrons. The summed E-state index contributed by atoms with van der Waals surface area (Å²) in [4.78, 5) is 9.56. The minimum absolute atomic E-state index is 0.531. The Balaban J connectivity index is 1.05. The second-order valence-electron chi connectivity index (χ2n) is 12.9. The first-order chi connectivity index (χ1) is 25.3. The summed E-state index contributed by atoms with van der Waals surface area (Å²) in [5.41, 5.74) is 15.1. The summed E-state index contributed by atoms with van der Waals surface area (Å²) in [7, 11) is 0. The molecule has 1 aliphatic heterocycles. The molecular weight excluding hydrogens is 631 g/mol. The monoisotopic (exact) mass is 657 g/mol. The Labute approximate surface area is 290 Å². The van der Waals surface area contributed by atoms with Gasteiger partial charge in [-0.3, -0.25) is 4.57 Å². The number of hydrogen-bond acceptors (Lipinski definition) is 6. The van der Waals surface area contributed by atoms with Crippen molar-refractivity contribution in [3.8, 4) is 33.6 Å². The van der Waals surface area contributed by atoms with Gasteiger partial charge in [-0.2, -0.15) is 5.11 Å². The number of nitrogens with zero attached hydrogens (tertiary/aromatic N) is 6. The fourth-order valence-electron chi connectivity index (χ4n) is 7.71. The second kappa shape index (κ2) is 10.7. The van der Waals surface area contributed by atoms with Gasteiger partial charge in [0.05, 0.1) is 33.9 Å². The fraction of sp³-hybridized carbons (Fsp3) is 0.0233. The van der Waals surface area contributed by atoms with Gasteiger partial charge < -0.3 is 8.98 Å². The smallest absolute Gasteiger partial charge is 0.229 e. The maximum atomic E-state index is 6.16. The Kier molecular flexibility index (Phi) is 5.85. The molecule has 0 radical (unpaired) electrons. The van der Waals surface area contributed by atoms with E-state index in [9.17, 15) is 0 Å². The molecule has 0 fully saturated rings. The normalized spacial score (nSPS) is 12.7. The summed E-state index contributed by atoms with van der Waals surface area (Å²) in [5.74, 6) is 0.943. The van der Waals surface area contributed by atoms with Gasteiger partial charge >= 0.3 is 0 Å². The number of anilines is 1. The quantitative estimate of drug-likeness (QED) is 0.204. The highest BCUT2D eigenvalue weighted by molar-refractivity contribution is 6.11. The Morgan fingerprint density at radius 2 is 1.06 bits per heavy atom. The lowest BCUT2D eigenvalue weighted by atomic mass is 10.0. The van der Waals surface area contributed by atoms with E-state index >= 15 is 0 Å². The van der Waals surface area contributed by atoms with Gasteiger partial charge in [-0.25, -0.2) is 15.4 Å². The largest absolute Gasteiger partial charge is 0.419 e. The number of pyridine rings is 2. The van der Waals surface area contributed by atoms with E-state index in [0.717, 1.165) is 72.2 Å². The minimum atomic E-state index is 0.531. The van der Waals surface area contributed by atoms with Crippen molar-refractivity contribution >= 4 is 60.7 Å². The highest BCUT2D eigenvalue weighted by atomic mass is 16.3. The van der Waals surface area contributed by atoms with Gasteiger partial charge in [0, 0.05) is 56.6 Å². The van der Waals surface area contributed by atoms with Crippen LogP contribution in [0.15, 0.2) is 161 Å². The number of rotatable bonds is 4. The molecule has 0 aliphatic carbocycles. The van der Waals surface area contributed by atoms with Crippen LogP contribution >= 0.6 is 0 Å². The van der Waals surface area contributed by atoms with Crippen molar-refractivity contribution in [1.82, 2.24) is 19.1 Å². The van der Waals surface area contributed by atoms with Crippen LogP contribution in [-0.2, 0) is 6.54 Å². The maximum Gasteiger partial charge on any atom is 0.229 e. The van der Waals surface area contributed by atoms with Crippen molar-refractivity contribution in [1.29, 1.82) is 0 Å². The number of fused-ring (bicyclic) bond motifs is 9. The van der Waals surface area contributed by atoms with Gasteiger partial charge in [0.1, 0.15) is 5.82 Å². The third-order valence-corrected chi connectivity index (χ3v) is 10.1. The van der Waals surface area contributed by atoms with Crippen molar-refractivity contribution in [3.05, 3.63) is 151 Å². The molecule has 0 spiro atoms. The molecule has 0 atom stereocenters. The number of furan rings is 1. The van der Waals surface area contributed by atoms with Crippen LogP contribution in [-0.4, -0.2) is 19.1 Å². The molecule has 5 aromatic heterocycles. The van der Waals surface area contributed by atoms with Crippen LogP contribution in [0, 0.1) is 0 Å². The molecule has 11 rings (SSSR count). The summed E-state index contributed by atoms with van der Waals surface area (Å²) in [5, 5.41) is 13.8. The molecule has 0 amide bonds. The lowest BCUT2D eigenvalue weighted by Crippen LogP contribution is -2.04. The molecule has 0 saturated heterocycles. The van der Waals surface area contributed by atoms with Crippen molar-refractivity contribution in [2.75, 3.05) is 5.43 Å². The molecule has 10 aromatic rings. The van der Waals surface area contributed by atoms with E-state index in [1.807, 2.05) is 30.6 Å². The molecule has 8 heteroatoms. The first-order valence-electron chi connectivity index (χ1n) is 16.9. The minimum Gasteiger partial charge on any atom is -0.419 e. The summed E-state index contributed by atoms with van der Waals surface area (Å²) in [6, 6.07) is 47.0. The van der Waals surface area contributed by atoms with Crippen LogP contribution in [0.25, 0.3) is 88.5 Å². The van der Waals surface area contributed by atoms with Crippen LogP contribution in [0.4, 0.5) is 5.82 Å². The lowest BCUT2D eigenvalue weighted by molar-refractivity contribution is 0.640. The third-order valence-electron chi connectivity index (χ3n) is 10.1. The molecule has 5 aromatic carbocycles. The summed E-state index contributed by atoms with van der Waals surface area (Å²) >= 11 is 0. The van der Waals surface area contributed by atoms with E-state index in [1.54, 1.807) is 0 Å². The average Bonchev–Trinajstić information content (AvgIpc) is 3.85. The molecule has 8 nitrogen and oxygen atoms in total. The topological polar surface area (TPSA) is 85.5 Å². The number of aromatic nitrogens is 4. The van der Waals surface area contributed by atoms with E-state index < -0.39 is 0 Å². The number of hydrogen-bond donors (Lipinski definition) is 1. The molecule has 0 bridgehead atoms. The van der Waals surface area contributed by atoms with Crippen LogP contribution in [0.2, 0.25) is 0 Å². The average molecular weight is 658 g/mol. The fourth-order valence-corrected chi connectivity index (χ4v) is 7.71. The SMILES string of the molecule is c1ccc(-n2c3c(c4ccc(-c5cnc6oc7ncc(-c8ccc9c%10ccccc%10n(-c%10ccccc%10)c9c8)cc7c6c5)cc42)CN=NN3)cc1. The van der Waals surface area contributed by atoms with Crippen molar-refractivity contribution in [2.45, 2.75) is 6.54 Å².